The molecular formula is C7F13IO. The van der Waals surface area contributed by atoms with E-state index >= 15 is 0 Å². The Morgan fingerprint density at radius 1 is 0.636 bits per heavy atom. The lowest BCUT2D eigenvalue weighted by Gasteiger charge is -2.36. The van der Waals surface area contributed by atoms with Gasteiger partial charge in [0.1, 0.15) is 0 Å². The fraction of sp³-hybridized carbons (Fsp3) is 0.714. The molecule has 132 valence electrons. The van der Waals surface area contributed by atoms with Gasteiger partial charge in [-0.3, -0.25) is 0 Å². The third-order valence-electron chi connectivity index (χ3n) is 1.88. The van der Waals surface area contributed by atoms with Gasteiger partial charge in [0.15, 0.2) is 0 Å². The normalized spacial score (nSPS) is 14.8. The summed E-state index contributed by atoms with van der Waals surface area (Å²) in [5.41, 5.74) is 0. The summed E-state index contributed by atoms with van der Waals surface area (Å²) < 4.78 is 157. The molecule has 0 N–H and O–H groups in total. The van der Waals surface area contributed by atoms with E-state index in [0.29, 0.717) is 0 Å². The number of alkyl halides is 11. The summed E-state index contributed by atoms with van der Waals surface area (Å²) in [6.07, 6.45) is -10.8. The first-order chi connectivity index (χ1) is 9.33. The van der Waals surface area contributed by atoms with Crippen molar-refractivity contribution in [3.8, 4) is 0 Å². The van der Waals surface area contributed by atoms with Crippen molar-refractivity contribution in [2.24, 2.45) is 0 Å². The topological polar surface area (TPSA) is 9.23 Å². The van der Waals surface area contributed by atoms with Crippen LogP contribution in [0.2, 0.25) is 0 Å². The highest BCUT2D eigenvalue weighted by atomic mass is 127. The van der Waals surface area contributed by atoms with Gasteiger partial charge in [0.2, 0.25) is 0 Å². The van der Waals surface area contributed by atoms with Gasteiger partial charge in [-0.05, 0) is 0 Å². The molecule has 0 aromatic rings. The standard InChI is InChI=1S/C7F13IO/c8-1(9)2(10)22-7(19,20)5(15,16)3(11,12)4(13,14)6(17,18)21. The molecule has 0 heterocycles. The maximum absolute atomic E-state index is 12.8. The van der Waals surface area contributed by atoms with Gasteiger partial charge >= 0.3 is 39.9 Å². The van der Waals surface area contributed by atoms with Crippen LogP contribution in [0.5, 0.6) is 0 Å². The molecule has 1 nitrogen and oxygen atoms in total. The van der Waals surface area contributed by atoms with Crippen LogP contribution in [0.3, 0.4) is 0 Å². The van der Waals surface area contributed by atoms with E-state index in [1.807, 2.05) is 4.74 Å². The molecule has 0 bridgehead atoms. The van der Waals surface area contributed by atoms with Gasteiger partial charge in [-0.15, -0.1) is 0 Å². The number of hydrogen-bond donors (Lipinski definition) is 0. The van der Waals surface area contributed by atoms with Crippen LogP contribution in [0.1, 0.15) is 0 Å². The third kappa shape index (κ3) is 3.32. The minimum absolute atomic E-state index is 0.737. The summed E-state index contributed by atoms with van der Waals surface area (Å²) in [4.78, 5) is 0. The Morgan fingerprint density at radius 3 is 1.27 bits per heavy atom. The zero-order valence-corrected chi connectivity index (χ0v) is 11.4. The summed E-state index contributed by atoms with van der Waals surface area (Å²) in [5, 5.41) is 0. The predicted molar refractivity (Wildman–Crippen MR) is 50.2 cm³/mol. The molecular weight excluding hydrogens is 474 g/mol. The molecule has 0 aliphatic rings. The van der Waals surface area contributed by atoms with E-state index in [2.05, 4.69) is 0 Å². The van der Waals surface area contributed by atoms with E-state index in [1.54, 1.807) is 0 Å². The molecule has 0 saturated carbocycles. The van der Waals surface area contributed by atoms with Crippen LogP contribution in [0.15, 0.2) is 12.1 Å². The van der Waals surface area contributed by atoms with Crippen LogP contribution in [0.4, 0.5) is 57.1 Å². The third-order valence-corrected chi connectivity index (χ3v) is 2.55. The molecule has 0 atom stereocenters. The van der Waals surface area contributed by atoms with Crippen LogP contribution >= 0.6 is 22.6 Å². The molecule has 0 aliphatic carbocycles. The molecule has 0 aromatic heterocycles. The van der Waals surface area contributed by atoms with E-state index in [-0.39, 0.29) is 0 Å². The molecule has 15 heteroatoms. The van der Waals surface area contributed by atoms with Gasteiger partial charge < -0.3 is 4.74 Å². The van der Waals surface area contributed by atoms with Crippen molar-refractivity contribution in [2.45, 2.75) is 27.8 Å². The smallest absolute Gasteiger partial charge is 0.397 e. The summed E-state index contributed by atoms with van der Waals surface area (Å²) in [7, 11) is 0. The first-order valence-corrected chi connectivity index (χ1v) is 5.38. The number of rotatable bonds is 6. The Balaban J connectivity index is 5.95. The lowest BCUT2D eigenvalue weighted by atomic mass is 10.0. The Hall–Kier alpha value is -0.640. The molecule has 0 fully saturated rings. The first kappa shape index (κ1) is 21.4. The van der Waals surface area contributed by atoms with Crippen LogP contribution in [0.25, 0.3) is 0 Å². The van der Waals surface area contributed by atoms with Crippen molar-refractivity contribution in [2.75, 3.05) is 0 Å². The fourth-order valence-electron chi connectivity index (χ4n) is 0.773. The maximum Gasteiger partial charge on any atom is 0.472 e. The SMILES string of the molecule is FC(F)=C(F)OC(F)(F)C(F)(F)C(F)(F)C(F)(F)C(F)(F)I. The van der Waals surface area contributed by atoms with E-state index < -0.39 is 62.5 Å². The number of halogens is 14. The second-order valence-corrected chi connectivity index (χ2v) is 4.73. The second-order valence-electron chi connectivity index (χ2n) is 3.37. The number of ether oxygens (including phenoxy) is 1. The Bertz CT molecular complexity index is 446. The maximum atomic E-state index is 12.8. The van der Waals surface area contributed by atoms with Gasteiger partial charge in [0.25, 0.3) is 0 Å². The molecule has 0 radical (unpaired) electrons. The first-order valence-electron chi connectivity index (χ1n) is 4.30. The molecule has 0 spiro atoms. The second kappa shape index (κ2) is 5.77. The minimum Gasteiger partial charge on any atom is -0.397 e. The van der Waals surface area contributed by atoms with Crippen molar-refractivity contribution in [1.29, 1.82) is 0 Å². The summed E-state index contributed by atoms with van der Waals surface area (Å²) in [6, 6.07) is -3.79. The molecule has 22 heavy (non-hydrogen) atoms. The number of hydrogen-bond acceptors (Lipinski definition) is 1. The average molecular weight is 474 g/mol. The molecule has 0 amide bonds. The molecule has 0 saturated heterocycles. The largest absolute Gasteiger partial charge is 0.472 e. The Morgan fingerprint density at radius 2 is 1.00 bits per heavy atom. The molecule has 0 rings (SSSR count). The Kier molecular flexibility index (Phi) is 5.60. The van der Waals surface area contributed by atoms with Crippen molar-refractivity contribution >= 4 is 22.6 Å². The van der Waals surface area contributed by atoms with Crippen LogP contribution < -0.4 is 0 Å². The summed E-state index contributed by atoms with van der Waals surface area (Å²) >= 11 is -0.737. The van der Waals surface area contributed by atoms with Crippen molar-refractivity contribution in [3.05, 3.63) is 12.1 Å². The van der Waals surface area contributed by atoms with Gasteiger partial charge in [-0.2, -0.15) is 57.1 Å². The summed E-state index contributed by atoms with van der Waals surface area (Å²) in [6.45, 7) is 0. The van der Waals surface area contributed by atoms with Crippen molar-refractivity contribution in [3.63, 3.8) is 0 Å². The zero-order chi connectivity index (χ0) is 18.4. The lowest BCUT2D eigenvalue weighted by molar-refractivity contribution is -0.433. The monoisotopic (exact) mass is 474 g/mol. The van der Waals surface area contributed by atoms with Crippen molar-refractivity contribution < 1.29 is 61.8 Å². The zero-order valence-electron chi connectivity index (χ0n) is 9.20. The van der Waals surface area contributed by atoms with Gasteiger partial charge in [0, 0.05) is 22.6 Å². The lowest BCUT2D eigenvalue weighted by Crippen LogP contribution is -2.66. The van der Waals surface area contributed by atoms with E-state index in [4.69, 9.17) is 0 Å². The minimum atomic E-state index is -7.50. The van der Waals surface area contributed by atoms with E-state index in [9.17, 15) is 57.1 Å². The van der Waals surface area contributed by atoms with Gasteiger partial charge in [-0.25, -0.2) is 0 Å². The highest BCUT2D eigenvalue weighted by Crippen LogP contribution is 2.59. The van der Waals surface area contributed by atoms with E-state index in [0.717, 1.165) is 0 Å². The molecule has 0 unspecified atom stereocenters. The highest BCUT2D eigenvalue weighted by molar-refractivity contribution is 14.1. The van der Waals surface area contributed by atoms with Gasteiger partial charge in [0.05, 0.1) is 0 Å². The average Bonchev–Trinajstić information content (AvgIpc) is 2.25. The van der Waals surface area contributed by atoms with Crippen LogP contribution in [-0.4, -0.2) is 27.8 Å². The molecule has 0 aliphatic heterocycles. The van der Waals surface area contributed by atoms with Crippen LogP contribution in [-0.2, 0) is 4.74 Å². The highest BCUT2D eigenvalue weighted by Gasteiger charge is 2.87. The quantitative estimate of drug-likeness (QED) is 0.212. The Labute approximate surface area is 125 Å². The predicted octanol–water partition coefficient (Wildman–Crippen LogP) is 5.56. The van der Waals surface area contributed by atoms with Crippen LogP contribution in [0, 0.1) is 0 Å². The molecule has 0 aromatic carbocycles. The van der Waals surface area contributed by atoms with Gasteiger partial charge in [-0.1, -0.05) is 0 Å². The summed E-state index contributed by atoms with van der Waals surface area (Å²) in [5.74, 6) is -22.0. The fourth-order valence-corrected chi connectivity index (χ4v) is 1.11. The van der Waals surface area contributed by atoms with Crippen molar-refractivity contribution in [1.82, 2.24) is 0 Å². The van der Waals surface area contributed by atoms with E-state index in [1.165, 1.54) is 0 Å².